The van der Waals surface area contributed by atoms with Crippen LogP contribution >= 0.6 is 23.1 Å². The van der Waals surface area contributed by atoms with Gasteiger partial charge in [-0.15, -0.1) is 11.3 Å². The van der Waals surface area contributed by atoms with Crippen molar-refractivity contribution >= 4 is 56.6 Å². The number of para-hydroxylation sites is 1. The Morgan fingerprint density at radius 2 is 1.89 bits per heavy atom. The van der Waals surface area contributed by atoms with Gasteiger partial charge < -0.3 is 14.8 Å². The van der Waals surface area contributed by atoms with E-state index in [0.29, 0.717) is 11.3 Å². The molecule has 1 unspecified atom stereocenters. The van der Waals surface area contributed by atoms with Crippen molar-refractivity contribution in [1.82, 2.24) is 4.98 Å². The van der Waals surface area contributed by atoms with Gasteiger partial charge in [-0.05, 0) is 42.8 Å². The highest BCUT2D eigenvalue weighted by Gasteiger charge is 2.21. The normalized spacial score (nSPS) is 11.6. The largest absolute Gasteiger partial charge is 0.495 e. The van der Waals surface area contributed by atoms with Gasteiger partial charge in [-0.2, -0.15) is 0 Å². The highest BCUT2D eigenvalue weighted by Crippen LogP contribution is 2.31. The molecule has 1 aromatic heterocycles. The highest BCUT2D eigenvalue weighted by molar-refractivity contribution is 8.00. The summed E-state index contributed by atoms with van der Waals surface area (Å²) in [5.74, 6) is -0.370. The maximum absolute atomic E-state index is 12.5. The first-order valence-electron chi connectivity index (χ1n) is 10.8. The minimum atomic E-state index is -1.14. The quantitative estimate of drug-likeness (QED) is 0.129. The van der Waals surface area contributed by atoms with Gasteiger partial charge in [0.15, 0.2) is 10.4 Å². The number of esters is 1. The summed E-state index contributed by atoms with van der Waals surface area (Å²) in [5.41, 5.74) is 2.19. The fraction of sp³-hybridized carbons (Fsp3) is 0.160. The molecule has 11 heteroatoms. The third-order valence-corrected chi connectivity index (χ3v) is 7.38. The summed E-state index contributed by atoms with van der Waals surface area (Å²) in [4.78, 5) is 40.1. The number of nitrogens with one attached hydrogen (secondary N) is 1. The first-order valence-corrected chi connectivity index (χ1v) is 12.6. The zero-order chi connectivity index (χ0) is 25.7. The number of nitro groups is 1. The summed E-state index contributed by atoms with van der Waals surface area (Å²) in [7, 11) is 1.38. The van der Waals surface area contributed by atoms with Crippen molar-refractivity contribution in [2.75, 3.05) is 12.4 Å². The second-order valence-electron chi connectivity index (χ2n) is 7.61. The van der Waals surface area contributed by atoms with Crippen LogP contribution in [-0.4, -0.2) is 35.0 Å². The van der Waals surface area contributed by atoms with Crippen molar-refractivity contribution in [3.63, 3.8) is 0 Å². The summed E-state index contributed by atoms with van der Waals surface area (Å²) < 4.78 is 12.5. The third kappa shape index (κ3) is 5.99. The minimum absolute atomic E-state index is 0.106. The van der Waals surface area contributed by atoms with Crippen LogP contribution in [0.4, 0.5) is 11.4 Å². The van der Waals surface area contributed by atoms with Gasteiger partial charge in [0.25, 0.3) is 11.6 Å². The standard InChI is InChI=1S/C25H21N3O6S2/c1-15(23(29)26-20-13-18(28(31)32)11-12-21(20)33-2)34-24(30)17-9-7-16(8-10-17)14-35-25-27-19-5-3-4-6-22(19)36-25/h3-13,15H,14H2,1-2H3,(H,26,29). The highest BCUT2D eigenvalue weighted by atomic mass is 32.2. The lowest BCUT2D eigenvalue weighted by Crippen LogP contribution is -2.30. The lowest BCUT2D eigenvalue weighted by atomic mass is 10.1. The van der Waals surface area contributed by atoms with Crippen LogP contribution < -0.4 is 10.1 Å². The number of nitro benzene ring substituents is 1. The average molecular weight is 524 g/mol. The first-order chi connectivity index (χ1) is 17.3. The number of non-ortho nitro benzene ring substituents is 1. The summed E-state index contributed by atoms with van der Waals surface area (Å²) >= 11 is 3.26. The number of aromatic nitrogens is 1. The lowest BCUT2D eigenvalue weighted by molar-refractivity contribution is -0.384. The Bertz CT molecular complexity index is 1390. The Kier molecular flexibility index (Phi) is 7.81. The molecule has 0 saturated heterocycles. The Morgan fingerprint density at radius 1 is 1.14 bits per heavy atom. The van der Waals surface area contributed by atoms with E-state index in [1.807, 2.05) is 36.4 Å². The van der Waals surface area contributed by atoms with Crippen LogP contribution in [0.5, 0.6) is 5.75 Å². The zero-order valence-electron chi connectivity index (χ0n) is 19.3. The summed E-state index contributed by atoms with van der Waals surface area (Å²) in [6, 6.07) is 18.7. The maximum atomic E-state index is 12.5. The monoisotopic (exact) mass is 523 g/mol. The molecule has 184 valence electrons. The summed E-state index contributed by atoms with van der Waals surface area (Å²) in [6.45, 7) is 1.42. The predicted molar refractivity (Wildman–Crippen MR) is 139 cm³/mol. The van der Waals surface area contributed by atoms with Crippen LogP contribution in [0.15, 0.2) is 71.1 Å². The molecule has 1 N–H and O–H groups in total. The number of hydrogen-bond donors (Lipinski definition) is 1. The number of rotatable bonds is 9. The van der Waals surface area contributed by atoms with Gasteiger partial charge in [-0.3, -0.25) is 14.9 Å². The third-order valence-electron chi connectivity index (χ3n) is 5.13. The van der Waals surface area contributed by atoms with E-state index in [9.17, 15) is 19.7 Å². The van der Waals surface area contributed by atoms with Gasteiger partial charge in [0.05, 0.1) is 33.5 Å². The van der Waals surface area contributed by atoms with E-state index in [1.54, 1.807) is 35.2 Å². The van der Waals surface area contributed by atoms with Crippen molar-refractivity contribution < 1.29 is 24.0 Å². The second-order valence-corrected chi connectivity index (χ2v) is 9.86. The number of anilines is 1. The van der Waals surface area contributed by atoms with Crippen LogP contribution in [0.2, 0.25) is 0 Å². The first kappa shape index (κ1) is 25.1. The van der Waals surface area contributed by atoms with E-state index < -0.39 is 22.9 Å². The van der Waals surface area contributed by atoms with Crippen molar-refractivity contribution in [3.05, 3.63) is 88.0 Å². The molecule has 1 heterocycles. The number of ether oxygens (including phenoxy) is 2. The number of methoxy groups -OCH3 is 1. The fourth-order valence-electron chi connectivity index (χ4n) is 3.22. The molecular weight excluding hydrogens is 502 g/mol. The van der Waals surface area contributed by atoms with Crippen LogP contribution in [0.1, 0.15) is 22.8 Å². The van der Waals surface area contributed by atoms with Gasteiger partial charge in [-0.1, -0.05) is 36.0 Å². The lowest BCUT2D eigenvalue weighted by Gasteiger charge is -2.15. The number of nitrogens with zero attached hydrogens (tertiary/aromatic N) is 2. The van der Waals surface area contributed by atoms with E-state index in [4.69, 9.17) is 9.47 Å². The van der Waals surface area contributed by atoms with Crippen LogP contribution in [0, 0.1) is 10.1 Å². The molecule has 4 rings (SSSR count). The molecule has 3 aromatic carbocycles. The summed E-state index contributed by atoms with van der Waals surface area (Å²) in [5, 5.41) is 13.5. The van der Waals surface area contributed by atoms with E-state index in [1.165, 1.54) is 32.2 Å². The second kappa shape index (κ2) is 11.2. The number of thioether (sulfide) groups is 1. The molecule has 0 aliphatic heterocycles. The fourth-order valence-corrected chi connectivity index (χ4v) is 5.24. The Hall–Kier alpha value is -3.96. The Balaban J connectivity index is 1.33. The number of carbonyl (C=O) groups excluding carboxylic acids is 2. The van der Waals surface area contributed by atoms with Gasteiger partial charge in [0.1, 0.15) is 5.75 Å². The van der Waals surface area contributed by atoms with Gasteiger partial charge >= 0.3 is 5.97 Å². The number of thiazole rings is 1. The van der Waals surface area contributed by atoms with Crippen LogP contribution in [0.25, 0.3) is 10.2 Å². The molecule has 1 atom stereocenters. The molecule has 0 saturated carbocycles. The molecule has 0 bridgehead atoms. The number of fused-ring (bicyclic) bond motifs is 1. The van der Waals surface area contributed by atoms with E-state index in [2.05, 4.69) is 10.3 Å². The zero-order valence-corrected chi connectivity index (χ0v) is 20.9. The van der Waals surface area contributed by atoms with E-state index in [-0.39, 0.29) is 17.1 Å². The molecule has 9 nitrogen and oxygen atoms in total. The van der Waals surface area contributed by atoms with Crippen LogP contribution in [0.3, 0.4) is 0 Å². The average Bonchev–Trinajstić information content (AvgIpc) is 3.30. The topological polar surface area (TPSA) is 121 Å². The number of amides is 1. The van der Waals surface area contributed by atoms with Gasteiger partial charge in [0.2, 0.25) is 0 Å². The van der Waals surface area contributed by atoms with Gasteiger partial charge in [-0.25, -0.2) is 9.78 Å². The summed E-state index contributed by atoms with van der Waals surface area (Å²) in [6.07, 6.45) is -1.14. The van der Waals surface area contributed by atoms with Crippen molar-refractivity contribution in [1.29, 1.82) is 0 Å². The van der Waals surface area contributed by atoms with Gasteiger partial charge in [0, 0.05) is 17.9 Å². The number of benzene rings is 3. The Labute approximate surface area is 214 Å². The predicted octanol–water partition coefficient (Wildman–Crippen LogP) is 5.69. The van der Waals surface area contributed by atoms with Crippen molar-refractivity contribution in [2.24, 2.45) is 0 Å². The molecule has 1 amide bonds. The van der Waals surface area contributed by atoms with Crippen LogP contribution in [-0.2, 0) is 15.3 Å². The SMILES string of the molecule is COc1ccc([N+](=O)[O-])cc1NC(=O)C(C)OC(=O)c1ccc(CSc2nc3ccccc3s2)cc1. The molecule has 0 fully saturated rings. The smallest absolute Gasteiger partial charge is 0.338 e. The minimum Gasteiger partial charge on any atom is -0.495 e. The molecular formula is C25H21N3O6S2. The number of carbonyl (C=O) groups is 2. The maximum Gasteiger partial charge on any atom is 0.338 e. The molecule has 4 aromatic rings. The molecule has 0 aliphatic carbocycles. The van der Waals surface area contributed by atoms with E-state index >= 15 is 0 Å². The van der Waals surface area contributed by atoms with Crippen molar-refractivity contribution in [3.8, 4) is 5.75 Å². The molecule has 0 aliphatic rings. The molecule has 0 spiro atoms. The molecule has 0 radical (unpaired) electrons. The van der Waals surface area contributed by atoms with Crippen molar-refractivity contribution in [2.45, 2.75) is 23.1 Å². The molecule has 36 heavy (non-hydrogen) atoms. The van der Waals surface area contributed by atoms with E-state index in [0.717, 1.165) is 20.1 Å². The number of hydrogen-bond acceptors (Lipinski definition) is 9. The Morgan fingerprint density at radius 3 is 2.58 bits per heavy atom.